The summed E-state index contributed by atoms with van der Waals surface area (Å²) in [5.41, 5.74) is -0.197. The fourth-order valence-corrected chi connectivity index (χ4v) is 3.29. The summed E-state index contributed by atoms with van der Waals surface area (Å²) in [6, 6.07) is 16.0. The van der Waals surface area contributed by atoms with E-state index in [-0.39, 0.29) is 11.0 Å². The molecular weight excluding hydrogens is 415 g/mol. The molecule has 0 radical (unpaired) electrons. The van der Waals surface area contributed by atoms with Crippen LogP contribution in [0.15, 0.2) is 75.2 Å². The zero-order valence-electron chi connectivity index (χ0n) is 12.6. The Morgan fingerprint density at radius 2 is 1.64 bits per heavy atom. The zero-order chi connectivity index (χ0) is 17.9. The number of alkyl halides is 3. The molecule has 3 nitrogen and oxygen atoms in total. The van der Waals surface area contributed by atoms with Crippen LogP contribution in [-0.4, -0.2) is 9.97 Å². The molecule has 1 aromatic heterocycles. The highest BCUT2D eigenvalue weighted by molar-refractivity contribution is 9.10. The number of benzene rings is 2. The van der Waals surface area contributed by atoms with Crippen molar-refractivity contribution in [3.63, 3.8) is 0 Å². The van der Waals surface area contributed by atoms with Gasteiger partial charge in [-0.05, 0) is 40.2 Å². The van der Waals surface area contributed by atoms with E-state index >= 15 is 0 Å². The van der Waals surface area contributed by atoms with Gasteiger partial charge in [0.05, 0.1) is 5.69 Å². The number of halogens is 4. The van der Waals surface area contributed by atoms with Gasteiger partial charge in [-0.1, -0.05) is 42.1 Å². The smallest absolute Gasteiger partial charge is 0.323 e. The van der Waals surface area contributed by atoms with Gasteiger partial charge in [-0.2, -0.15) is 13.2 Å². The lowest BCUT2D eigenvalue weighted by Crippen LogP contribution is -2.10. The van der Waals surface area contributed by atoms with E-state index in [9.17, 15) is 13.2 Å². The number of hydrogen-bond acceptors (Lipinski definition) is 4. The molecule has 128 valence electrons. The molecule has 0 fully saturated rings. The highest BCUT2D eigenvalue weighted by Crippen LogP contribution is 2.38. The predicted octanol–water partition coefficient (Wildman–Crippen LogP) is 6.15. The van der Waals surface area contributed by atoms with Crippen molar-refractivity contribution in [1.29, 1.82) is 0 Å². The quantitative estimate of drug-likeness (QED) is 0.508. The van der Waals surface area contributed by atoms with Crippen LogP contribution in [0.25, 0.3) is 0 Å². The first-order valence-electron chi connectivity index (χ1n) is 7.12. The average Bonchev–Trinajstić information content (AvgIpc) is 2.57. The fraction of sp³-hybridized carbons (Fsp3) is 0.0588. The van der Waals surface area contributed by atoms with Crippen molar-refractivity contribution < 1.29 is 13.2 Å². The maximum Gasteiger partial charge on any atom is 0.420 e. The molecule has 0 amide bonds. The summed E-state index contributed by atoms with van der Waals surface area (Å²) >= 11 is 4.32. The Morgan fingerprint density at radius 1 is 0.960 bits per heavy atom. The van der Waals surface area contributed by atoms with Crippen molar-refractivity contribution >= 4 is 39.3 Å². The summed E-state index contributed by atoms with van der Waals surface area (Å²) in [4.78, 5) is 8.54. The van der Waals surface area contributed by atoms with E-state index in [4.69, 9.17) is 0 Å². The molecule has 0 saturated heterocycles. The summed E-state index contributed by atoms with van der Waals surface area (Å²) in [7, 11) is 0. The van der Waals surface area contributed by atoms with Crippen LogP contribution in [0.4, 0.5) is 24.8 Å². The van der Waals surface area contributed by atoms with Gasteiger partial charge in [0, 0.05) is 15.6 Å². The normalized spacial score (nSPS) is 11.4. The Hall–Kier alpha value is -2.06. The molecule has 1 heterocycles. The van der Waals surface area contributed by atoms with E-state index in [1.165, 1.54) is 0 Å². The van der Waals surface area contributed by atoms with Gasteiger partial charge in [-0.25, -0.2) is 9.97 Å². The van der Waals surface area contributed by atoms with Crippen LogP contribution in [0.3, 0.4) is 0 Å². The van der Waals surface area contributed by atoms with Gasteiger partial charge in [0.1, 0.15) is 10.6 Å². The molecule has 0 aliphatic rings. The van der Waals surface area contributed by atoms with Gasteiger partial charge in [-0.3, -0.25) is 0 Å². The third-order valence-corrected chi connectivity index (χ3v) is 4.84. The van der Waals surface area contributed by atoms with Crippen LogP contribution < -0.4 is 5.32 Å². The van der Waals surface area contributed by atoms with Crippen LogP contribution in [-0.2, 0) is 6.18 Å². The molecule has 0 aliphatic carbocycles. The lowest BCUT2D eigenvalue weighted by atomic mass is 10.3. The zero-order valence-corrected chi connectivity index (χ0v) is 15.0. The van der Waals surface area contributed by atoms with Crippen molar-refractivity contribution in [3.05, 3.63) is 70.8 Å². The molecule has 25 heavy (non-hydrogen) atoms. The Kier molecular flexibility index (Phi) is 5.29. The van der Waals surface area contributed by atoms with Gasteiger partial charge >= 0.3 is 6.18 Å². The standard InChI is InChI=1S/C17H11BrF3N3S/c18-13-8-4-5-9-14(13)23-16-22-10-12(17(19,20)21)15(24-16)25-11-6-2-1-3-7-11/h1-10H,(H,22,23,24). The third-order valence-electron chi connectivity index (χ3n) is 3.14. The van der Waals surface area contributed by atoms with Gasteiger partial charge in [0.25, 0.3) is 0 Å². The van der Waals surface area contributed by atoms with Crippen molar-refractivity contribution in [1.82, 2.24) is 9.97 Å². The number of para-hydroxylation sites is 1. The Morgan fingerprint density at radius 3 is 2.32 bits per heavy atom. The molecule has 8 heteroatoms. The van der Waals surface area contributed by atoms with E-state index in [1.807, 2.05) is 12.1 Å². The molecule has 3 aromatic rings. The van der Waals surface area contributed by atoms with Crippen LogP contribution in [0.1, 0.15) is 5.56 Å². The lowest BCUT2D eigenvalue weighted by molar-refractivity contribution is -0.140. The highest BCUT2D eigenvalue weighted by atomic mass is 79.9. The lowest BCUT2D eigenvalue weighted by Gasteiger charge is -2.13. The molecule has 0 bridgehead atoms. The van der Waals surface area contributed by atoms with Crippen LogP contribution in [0.2, 0.25) is 0 Å². The second-order valence-electron chi connectivity index (χ2n) is 4.93. The van der Waals surface area contributed by atoms with Gasteiger partial charge < -0.3 is 5.32 Å². The van der Waals surface area contributed by atoms with E-state index in [2.05, 4.69) is 31.2 Å². The van der Waals surface area contributed by atoms with Crippen LogP contribution in [0.5, 0.6) is 0 Å². The van der Waals surface area contributed by atoms with Gasteiger partial charge in [0.15, 0.2) is 0 Å². The highest BCUT2D eigenvalue weighted by Gasteiger charge is 2.35. The maximum atomic E-state index is 13.3. The van der Waals surface area contributed by atoms with E-state index < -0.39 is 11.7 Å². The summed E-state index contributed by atoms with van der Waals surface area (Å²) in [6.45, 7) is 0. The Bertz CT molecular complexity index is 873. The number of aromatic nitrogens is 2. The van der Waals surface area contributed by atoms with E-state index in [0.717, 1.165) is 22.4 Å². The first-order chi connectivity index (χ1) is 11.9. The maximum absolute atomic E-state index is 13.3. The van der Waals surface area contributed by atoms with Crippen LogP contribution >= 0.6 is 27.7 Å². The number of nitrogens with zero attached hydrogens (tertiary/aromatic N) is 2. The molecule has 0 spiro atoms. The predicted molar refractivity (Wildman–Crippen MR) is 95.0 cm³/mol. The van der Waals surface area contributed by atoms with Crippen molar-refractivity contribution in [3.8, 4) is 0 Å². The summed E-state index contributed by atoms with van der Waals surface area (Å²) in [5.74, 6) is 0.0957. The van der Waals surface area contributed by atoms with Gasteiger partial charge in [0.2, 0.25) is 5.95 Å². The van der Waals surface area contributed by atoms with Crippen LogP contribution in [0, 0.1) is 0 Å². The van der Waals surface area contributed by atoms with Crippen molar-refractivity contribution in [2.24, 2.45) is 0 Å². The van der Waals surface area contributed by atoms with Crippen molar-refractivity contribution in [2.45, 2.75) is 16.1 Å². The monoisotopic (exact) mass is 425 g/mol. The second kappa shape index (κ2) is 7.45. The van der Waals surface area contributed by atoms with E-state index in [1.54, 1.807) is 42.5 Å². The first-order valence-corrected chi connectivity index (χ1v) is 8.73. The molecule has 0 unspecified atom stereocenters. The molecule has 0 atom stereocenters. The van der Waals surface area contributed by atoms with E-state index in [0.29, 0.717) is 10.6 Å². The summed E-state index contributed by atoms with van der Waals surface area (Å²) in [6.07, 6.45) is -3.72. The largest absolute Gasteiger partial charge is 0.420 e. The minimum Gasteiger partial charge on any atom is -0.323 e. The summed E-state index contributed by atoms with van der Waals surface area (Å²) in [5, 5.41) is 2.78. The second-order valence-corrected chi connectivity index (χ2v) is 6.85. The minimum absolute atomic E-state index is 0.0957. The molecular formula is C17H11BrF3N3S. The molecule has 1 N–H and O–H groups in total. The SMILES string of the molecule is FC(F)(F)c1cnc(Nc2ccccc2Br)nc1Sc1ccccc1. The molecule has 2 aromatic carbocycles. The number of rotatable bonds is 4. The Labute approximate surface area is 154 Å². The van der Waals surface area contributed by atoms with Gasteiger partial charge in [-0.15, -0.1) is 0 Å². The average molecular weight is 426 g/mol. The Balaban J connectivity index is 1.96. The number of nitrogens with one attached hydrogen (secondary N) is 1. The molecule has 0 aliphatic heterocycles. The van der Waals surface area contributed by atoms with Crippen molar-refractivity contribution in [2.75, 3.05) is 5.32 Å². The fourth-order valence-electron chi connectivity index (χ4n) is 1.98. The molecule has 0 saturated carbocycles. The number of anilines is 2. The minimum atomic E-state index is -4.52. The third kappa shape index (κ3) is 4.52. The first kappa shape index (κ1) is 17.8. The summed E-state index contributed by atoms with van der Waals surface area (Å²) < 4.78 is 40.5. The topological polar surface area (TPSA) is 37.8 Å². The molecule has 3 rings (SSSR count). The number of hydrogen-bond donors (Lipinski definition) is 1.